The topological polar surface area (TPSA) is 80.9 Å². The highest BCUT2D eigenvalue weighted by molar-refractivity contribution is 7.22. The molecule has 0 aliphatic rings. The molecule has 96 valence electrons. The van der Waals surface area contributed by atoms with E-state index in [4.69, 9.17) is 5.73 Å². The molecule has 3 N–H and O–H groups in total. The molecule has 2 aromatic heterocycles. The van der Waals surface area contributed by atoms with Gasteiger partial charge in [0.05, 0.1) is 15.9 Å². The zero-order chi connectivity index (χ0) is 13.4. The molecule has 19 heavy (non-hydrogen) atoms. The number of nitrogen functional groups attached to an aromatic ring is 1. The standard InChI is InChI=1S/C12H10N4OS2/c1-6-9(19-11(13)14-6)10(17)16-12-15-7-4-2-3-5-8(7)18-12/h2-5H,1H3,(H2,13,14)(H,15,16,17). The minimum atomic E-state index is -0.217. The summed E-state index contributed by atoms with van der Waals surface area (Å²) >= 11 is 2.62. The number of para-hydroxylation sites is 1. The van der Waals surface area contributed by atoms with Crippen LogP contribution in [0.3, 0.4) is 0 Å². The number of anilines is 2. The highest BCUT2D eigenvalue weighted by Crippen LogP contribution is 2.27. The van der Waals surface area contributed by atoms with Crippen LogP contribution in [-0.4, -0.2) is 15.9 Å². The smallest absolute Gasteiger partial charge is 0.269 e. The molecule has 7 heteroatoms. The lowest BCUT2D eigenvalue weighted by Crippen LogP contribution is -2.11. The summed E-state index contributed by atoms with van der Waals surface area (Å²) in [7, 11) is 0. The summed E-state index contributed by atoms with van der Waals surface area (Å²) in [6.45, 7) is 1.76. The van der Waals surface area contributed by atoms with Crippen molar-refractivity contribution >= 4 is 49.1 Å². The van der Waals surface area contributed by atoms with Crippen molar-refractivity contribution in [3.05, 3.63) is 34.8 Å². The number of thiazole rings is 2. The first kappa shape index (κ1) is 12.1. The van der Waals surface area contributed by atoms with Gasteiger partial charge in [0.2, 0.25) is 0 Å². The molecule has 0 unspecified atom stereocenters. The van der Waals surface area contributed by atoms with Gasteiger partial charge in [-0.1, -0.05) is 34.8 Å². The van der Waals surface area contributed by atoms with Gasteiger partial charge in [0, 0.05) is 0 Å². The van der Waals surface area contributed by atoms with Crippen molar-refractivity contribution in [1.82, 2.24) is 9.97 Å². The molecule has 0 saturated heterocycles. The molecule has 1 amide bonds. The normalized spacial score (nSPS) is 10.8. The molecule has 2 heterocycles. The van der Waals surface area contributed by atoms with E-state index in [2.05, 4.69) is 15.3 Å². The first-order chi connectivity index (χ1) is 9.13. The predicted octanol–water partition coefficient (Wildman–Crippen LogP) is 2.90. The third kappa shape index (κ3) is 2.29. The molecular formula is C12H10N4OS2. The van der Waals surface area contributed by atoms with Gasteiger partial charge >= 0.3 is 0 Å². The molecule has 3 rings (SSSR count). The summed E-state index contributed by atoms with van der Waals surface area (Å²) < 4.78 is 1.04. The van der Waals surface area contributed by atoms with E-state index in [1.165, 1.54) is 22.7 Å². The number of rotatable bonds is 2. The van der Waals surface area contributed by atoms with E-state index in [1.807, 2.05) is 24.3 Å². The van der Waals surface area contributed by atoms with Gasteiger partial charge in [0.15, 0.2) is 10.3 Å². The maximum atomic E-state index is 12.1. The first-order valence-electron chi connectivity index (χ1n) is 5.53. The van der Waals surface area contributed by atoms with Crippen LogP contribution in [0.2, 0.25) is 0 Å². The zero-order valence-electron chi connectivity index (χ0n) is 10.0. The van der Waals surface area contributed by atoms with Gasteiger partial charge in [0.25, 0.3) is 5.91 Å². The van der Waals surface area contributed by atoms with Gasteiger partial charge in [-0.2, -0.15) is 0 Å². The van der Waals surface area contributed by atoms with Gasteiger partial charge in [-0.25, -0.2) is 9.97 Å². The number of hydrogen-bond donors (Lipinski definition) is 2. The largest absolute Gasteiger partial charge is 0.375 e. The average molecular weight is 290 g/mol. The van der Waals surface area contributed by atoms with E-state index < -0.39 is 0 Å². The molecule has 3 aromatic rings. The number of benzene rings is 1. The van der Waals surface area contributed by atoms with Crippen molar-refractivity contribution in [3.8, 4) is 0 Å². The van der Waals surface area contributed by atoms with Crippen LogP contribution in [0.25, 0.3) is 10.2 Å². The van der Waals surface area contributed by atoms with Crippen molar-refractivity contribution in [1.29, 1.82) is 0 Å². The monoisotopic (exact) mass is 290 g/mol. The second kappa shape index (κ2) is 4.60. The van der Waals surface area contributed by atoms with E-state index in [9.17, 15) is 4.79 Å². The van der Waals surface area contributed by atoms with Gasteiger partial charge in [-0.05, 0) is 19.1 Å². The number of aromatic nitrogens is 2. The minimum absolute atomic E-state index is 0.217. The molecule has 0 radical (unpaired) electrons. The molecule has 0 saturated carbocycles. The Hall–Kier alpha value is -1.99. The van der Waals surface area contributed by atoms with Crippen molar-refractivity contribution in [2.24, 2.45) is 0 Å². The third-order valence-corrected chi connectivity index (χ3v) is 4.47. The van der Waals surface area contributed by atoms with Crippen LogP contribution >= 0.6 is 22.7 Å². The van der Waals surface area contributed by atoms with Crippen LogP contribution in [0.1, 0.15) is 15.4 Å². The fraction of sp³-hybridized carbons (Fsp3) is 0.0833. The SMILES string of the molecule is Cc1nc(N)sc1C(=O)Nc1nc2ccccc2s1. The Bertz CT molecular complexity index is 729. The maximum Gasteiger partial charge on any atom is 0.269 e. The second-order valence-corrected chi connectivity index (χ2v) is 5.97. The summed E-state index contributed by atoms with van der Waals surface area (Å²) in [4.78, 5) is 21.0. The second-order valence-electron chi connectivity index (χ2n) is 3.91. The minimum Gasteiger partial charge on any atom is -0.375 e. The van der Waals surface area contributed by atoms with Crippen LogP contribution in [0, 0.1) is 6.92 Å². The lowest BCUT2D eigenvalue weighted by molar-refractivity contribution is 0.103. The molecule has 1 aromatic carbocycles. The number of hydrogen-bond acceptors (Lipinski definition) is 6. The number of carbonyl (C=O) groups is 1. The number of fused-ring (bicyclic) bond motifs is 1. The number of nitrogens with two attached hydrogens (primary N) is 1. The molecule has 0 atom stereocenters. The van der Waals surface area contributed by atoms with Crippen molar-refractivity contribution < 1.29 is 4.79 Å². The van der Waals surface area contributed by atoms with Crippen LogP contribution in [-0.2, 0) is 0 Å². The van der Waals surface area contributed by atoms with Crippen LogP contribution in [0.15, 0.2) is 24.3 Å². The van der Waals surface area contributed by atoms with Crippen molar-refractivity contribution in [2.45, 2.75) is 6.92 Å². The van der Waals surface area contributed by atoms with E-state index >= 15 is 0 Å². The van der Waals surface area contributed by atoms with E-state index in [-0.39, 0.29) is 5.91 Å². The van der Waals surface area contributed by atoms with E-state index in [0.717, 1.165) is 10.2 Å². The highest BCUT2D eigenvalue weighted by Gasteiger charge is 2.15. The molecule has 0 aliphatic carbocycles. The van der Waals surface area contributed by atoms with Crippen molar-refractivity contribution in [3.63, 3.8) is 0 Å². The average Bonchev–Trinajstić information content (AvgIpc) is 2.91. The number of aryl methyl sites for hydroxylation is 1. The lowest BCUT2D eigenvalue weighted by atomic mass is 10.3. The third-order valence-electron chi connectivity index (χ3n) is 2.53. The van der Waals surface area contributed by atoms with E-state index in [1.54, 1.807) is 6.92 Å². The van der Waals surface area contributed by atoms with Crippen LogP contribution in [0.4, 0.5) is 10.3 Å². The summed E-state index contributed by atoms with van der Waals surface area (Å²) in [5.41, 5.74) is 7.10. The Balaban J connectivity index is 1.88. The molecule has 0 fully saturated rings. The fourth-order valence-electron chi connectivity index (χ4n) is 1.71. The Morgan fingerprint density at radius 2 is 2.05 bits per heavy atom. The molecular weight excluding hydrogens is 280 g/mol. The maximum absolute atomic E-state index is 12.1. The van der Waals surface area contributed by atoms with Gasteiger partial charge in [0.1, 0.15) is 4.88 Å². The number of nitrogens with zero attached hydrogens (tertiary/aromatic N) is 2. The molecule has 0 bridgehead atoms. The predicted molar refractivity (Wildman–Crippen MR) is 78.8 cm³/mol. The Kier molecular flexibility index (Phi) is 2.92. The summed E-state index contributed by atoms with van der Waals surface area (Å²) in [5, 5.41) is 3.76. The first-order valence-corrected chi connectivity index (χ1v) is 7.16. The van der Waals surface area contributed by atoms with Crippen molar-refractivity contribution in [2.75, 3.05) is 11.1 Å². The van der Waals surface area contributed by atoms with Gasteiger partial charge in [-0.3, -0.25) is 10.1 Å². The summed E-state index contributed by atoms with van der Waals surface area (Å²) in [6.07, 6.45) is 0. The Morgan fingerprint density at radius 1 is 1.26 bits per heavy atom. The van der Waals surface area contributed by atoms with E-state index in [0.29, 0.717) is 20.8 Å². The quantitative estimate of drug-likeness (QED) is 0.760. The lowest BCUT2D eigenvalue weighted by Gasteiger charge is -1.98. The molecule has 5 nitrogen and oxygen atoms in total. The van der Waals surface area contributed by atoms with Gasteiger partial charge < -0.3 is 5.73 Å². The Labute approximate surface area is 117 Å². The number of amides is 1. The molecule has 0 spiro atoms. The van der Waals surface area contributed by atoms with Crippen LogP contribution < -0.4 is 11.1 Å². The Morgan fingerprint density at radius 3 is 2.74 bits per heavy atom. The highest BCUT2D eigenvalue weighted by atomic mass is 32.1. The number of nitrogens with one attached hydrogen (secondary N) is 1. The van der Waals surface area contributed by atoms with Gasteiger partial charge in [-0.15, -0.1) is 0 Å². The summed E-state index contributed by atoms with van der Waals surface area (Å²) in [6, 6.07) is 7.75. The fourth-order valence-corrected chi connectivity index (χ4v) is 3.30. The zero-order valence-corrected chi connectivity index (χ0v) is 11.6. The molecule has 0 aliphatic heterocycles. The van der Waals surface area contributed by atoms with Crippen LogP contribution in [0.5, 0.6) is 0 Å². The number of carbonyl (C=O) groups excluding carboxylic acids is 1. The summed E-state index contributed by atoms with van der Waals surface area (Å²) in [5.74, 6) is -0.217.